The minimum Gasteiger partial charge on any atom is -0.480 e. The van der Waals surface area contributed by atoms with E-state index in [1.54, 1.807) is 26.2 Å². The van der Waals surface area contributed by atoms with E-state index in [2.05, 4.69) is 41.0 Å². The smallest absolute Gasteiger partial charge is 0.293 e. The van der Waals surface area contributed by atoms with E-state index >= 15 is 0 Å². The van der Waals surface area contributed by atoms with Crippen LogP contribution in [0.25, 0.3) is 10.9 Å². The molecule has 35 heavy (non-hydrogen) atoms. The Balaban J connectivity index is 1.61. The molecule has 2 aromatic heterocycles. The number of nitrogens with zero attached hydrogens (tertiary/aromatic N) is 5. The predicted octanol–water partition coefficient (Wildman–Crippen LogP) is 3.61. The number of carbonyl (C=O) groups excluding carboxylic acids is 1. The molecule has 1 aliphatic rings. The van der Waals surface area contributed by atoms with Gasteiger partial charge < -0.3 is 19.5 Å². The van der Waals surface area contributed by atoms with Crippen molar-refractivity contribution in [2.75, 3.05) is 37.0 Å². The lowest BCUT2D eigenvalue weighted by atomic mass is 10.1. The highest BCUT2D eigenvalue weighted by molar-refractivity contribution is 6.32. The van der Waals surface area contributed by atoms with Gasteiger partial charge in [0, 0.05) is 49.7 Å². The van der Waals surface area contributed by atoms with Gasteiger partial charge >= 0.3 is 0 Å². The fraction of sp³-hybridized carbons (Fsp3) is 0.440. The number of halogens is 1. The van der Waals surface area contributed by atoms with E-state index in [0.29, 0.717) is 35.3 Å². The first-order valence-electron chi connectivity index (χ1n) is 11.7. The third-order valence-electron chi connectivity index (χ3n) is 6.61. The number of hydrogen-bond donors (Lipinski definition) is 1. The number of ketones is 1. The first-order chi connectivity index (χ1) is 16.7. The maximum Gasteiger partial charge on any atom is 0.293 e. The van der Waals surface area contributed by atoms with Gasteiger partial charge in [-0.25, -0.2) is 4.98 Å². The molecule has 10 heteroatoms. The summed E-state index contributed by atoms with van der Waals surface area (Å²) in [7, 11) is 3.81. The summed E-state index contributed by atoms with van der Waals surface area (Å²) in [5.74, 6) is 1.20. The van der Waals surface area contributed by atoms with Crippen molar-refractivity contribution in [2.45, 2.75) is 39.3 Å². The molecule has 186 valence electrons. The van der Waals surface area contributed by atoms with Gasteiger partial charge in [-0.15, -0.1) is 0 Å². The number of pyridine rings is 1. The maximum atomic E-state index is 12.6. The maximum absolute atomic E-state index is 12.6. The topological polar surface area (TPSA) is 92.6 Å². The lowest BCUT2D eigenvalue weighted by Gasteiger charge is -2.42. The average molecular weight is 499 g/mol. The number of nitrogens with one attached hydrogen (secondary N) is 1. The predicted molar refractivity (Wildman–Crippen MR) is 139 cm³/mol. The number of fused-ring (bicyclic) bond motifs is 1. The van der Waals surface area contributed by atoms with Crippen molar-refractivity contribution in [3.05, 3.63) is 45.8 Å². The normalized spacial score (nSPS) is 18.6. The summed E-state index contributed by atoms with van der Waals surface area (Å²) in [5.41, 5.74) is 1.20. The molecule has 0 radical (unpaired) electrons. The van der Waals surface area contributed by atoms with Crippen molar-refractivity contribution in [3.63, 3.8) is 0 Å². The second-order valence-electron chi connectivity index (χ2n) is 9.09. The molecule has 0 aliphatic carbocycles. The van der Waals surface area contributed by atoms with Crippen molar-refractivity contribution in [1.82, 2.24) is 19.4 Å². The molecule has 3 heterocycles. The molecule has 1 aliphatic heterocycles. The quantitative estimate of drug-likeness (QED) is 0.528. The molecule has 0 spiro atoms. The Hall–Kier alpha value is -3.17. The number of hydrogen-bond acceptors (Lipinski definition) is 8. The average Bonchev–Trinajstić information content (AvgIpc) is 2.84. The van der Waals surface area contributed by atoms with Crippen LogP contribution in [0.15, 0.2) is 35.3 Å². The lowest BCUT2D eigenvalue weighted by molar-refractivity contribution is -0.120. The molecule has 0 saturated carbocycles. The monoisotopic (exact) mass is 498 g/mol. The Morgan fingerprint density at radius 1 is 1.20 bits per heavy atom. The van der Waals surface area contributed by atoms with Gasteiger partial charge in [-0.3, -0.25) is 14.5 Å². The second kappa shape index (κ2) is 10.2. The Bertz CT molecular complexity index is 1300. The third-order valence-corrected chi connectivity index (χ3v) is 6.89. The van der Waals surface area contributed by atoms with Crippen molar-refractivity contribution >= 4 is 45.7 Å². The minimum atomic E-state index is -0.291. The largest absolute Gasteiger partial charge is 0.480 e. The molecular weight excluding hydrogens is 468 g/mol. The molecule has 1 aromatic carbocycles. The standard InChI is InChI=1S/C25H31ClN6O3/c1-6-19(33)14-35-22-10-17-9-18(7-8-21(17)31(5)24(22)34)28-23-20(26)11-27-25(29-23)32-12-15(2)30(4)16(3)13-32/h7-11,15-16H,6,12-14H2,1-5H3,(H,27,28,29)/t15-,16+. The van der Waals surface area contributed by atoms with Crippen molar-refractivity contribution in [2.24, 2.45) is 7.05 Å². The van der Waals surface area contributed by atoms with Crippen LogP contribution in [0, 0.1) is 0 Å². The number of aryl methyl sites for hydroxylation is 1. The van der Waals surface area contributed by atoms with Crippen molar-refractivity contribution < 1.29 is 9.53 Å². The van der Waals surface area contributed by atoms with Crippen molar-refractivity contribution in [3.8, 4) is 5.75 Å². The fourth-order valence-corrected chi connectivity index (χ4v) is 4.34. The molecule has 3 aromatic rings. The summed E-state index contributed by atoms with van der Waals surface area (Å²) >= 11 is 6.43. The Labute approximate surface area is 209 Å². The van der Waals surface area contributed by atoms with Crippen LogP contribution in [-0.2, 0) is 11.8 Å². The highest BCUT2D eigenvalue weighted by Crippen LogP contribution is 2.28. The lowest BCUT2D eigenvalue weighted by Crippen LogP contribution is -2.55. The number of piperazine rings is 1. The van der Waals surface area contributed by atoms with E-state index < -0.39 is 0 Å². The van der Waals surface area contributed by atoms with E-state index in [1.807, 2.05) is 18.2 Å². The molecule has 2 atom stereocenters. The van der Waals surface area contributed by atoms with E-state index in [0.717, 1.165) is 29.7 Å². The molecule has 4 rings (SSSR count). The summed E-state index contributed by atoms with van der Waals surface area (Å²) in [6.45, 7) is 7.67. The summed E-state index contributed by atoms with van der Waals surface area (Å²) in [6, 6.07) is 8.02. The number of anilines is 3. The number of benzene rings is 1. The van der Waals surface area contributed by atoms with E-state index in [1.165, 1.54) is 4.57 Å². The van der Waals surface area contributed by atoms with Gasteiger partial charge in [0.05, 0.1) is 11.7 Å². The van der Waals surface area contributed by atoms with Crippen LogP contribution in [0.5, 0.6) is 5.75 Å². The van der Waals surface area contributed by atoms with Gasteiger partial charge in [0.2, 0.25) is 5.95 Å². The van der Waals surface area contributed by atoms with Gasteiger partial charge in [-0.1, -0.05) is 18.5 Å². The first kappa shape index (κ1) is 24.9. The van der Waals surface area contributed by atoms with Crippen LogP contribution in [0.2, 0.25) is 5.02 Å². The first-order valence-corrected chi connectivity index (χ1v) is 12.1. The van der Waals surface area contributed by atoms with E-state index in [4.69, 9.17) is 21.3 Å². The van der Waals surface area contributed by atoms with Crippen LogP contribution in [-0.4, -0.2) is 64.0 Å². The van der Waals surface area contributed by atoms with Gasteiger partial charge in [0.25, 0.3) is 5.56 Å². The van der Waals surface area contributed by atoms with Gasteiger partial charge in [0.15, 0.2) is 17.4 Å². The Morgan fingerprint density at radius 3 is 2.60 bits per heavy atom. The van der Waals surface area contributed by atoms with Crippen LogP contribution in [0.1, 0.15) is 27.2 Å². The van der Waals surface area contributed by atoms with Crippen LogP contribution < -0.4 is 20.5 Å². The number of rotatable bonds is 7. The summed E-state index contributed by atoms with van der Waals surface area (Å²) in [5, 5.41) is 4.48. The Kier molecular flexibility index (Phi) is 7.28. The molecule has 0 bridgehead atoms. The van der Waals surface area contributed by atoms with Gasteiger partial charge in [-0.05, 0) is 45.2 Å². The molecule has 1 N–H and O–H groups in total. The van der Waals surface area contributed by atoms with Crippen LogP contribution >= 0.6 is 11.6 Å². The van der Waals surface area contributed by atoms with Crippen molar-refractivity contribution in [1.29, 1.82) is 0 Å². The van der Waals surface area contributed by atoms with Gasteiger partial charge in [0.1, 0.15) is 11.6 Å². The Morgan fingerprint density at radius 2 is 1.91 bits per heavy atom. The number of Topliss-reactive ketones (excluding diaryl/α,β-unsaturated/α-hetero) is 1. The zero-order valence-corrected chi connectivity index (χ0v) is 21.5. The van der Waals surface area contributed by atoms with E-state index in [-0.39, 0.29) is 23.7 Å². The number of ether oxygens (including phenoxy) is 1. The number of likely N-dealkylation sites (N-methyl/N-ethyl adjacent to an activating group) is 1. The number of aromatic nitrogens is 3. The number of carbonyl (C=O) groups is 1. The molecule has 1 saturated heterocycles. The molecule has 0 unspecified atom stereocenters. The van der Waals surface area contributed by atoms with Crippen LogP contribution in [0.4, 0.5) is 17.5 Å². The summed E-state index contributed by atoms with van der Waals surface area (Å²) < 4.78 is 7.02. The highest BCUT2D eigenvalue weighted by atomic mass is 35.5. The summed E-state index contributed by atoms with van der Waals surface area (Å²) in [4.78, 5) is 38.0. The molecule has 0 amide bonds. The minimum absolute atomic E-state index is 0.0686. The van der Waals surface area contributed by atoms with E-state index in [9.17, 15) is 9.59 Å². The fourth-order valence-electron chi connectivity index (χ4n) is 4.20. The second-order valence-corrected chi connectivity index (χ2v) is 9.49. The van der Waals surface area contributed by atoms with Crippen LogP contribution in [0.3, 0.4) is 0 Å². The highest BCUT2D eigenvalue weighted by Gasteiger charge is 2.28. The molecule has 1 fully saturated rings. The molecule has 9 nitrogen and oxygen atoms in total. The third kappa shape index (κ3) is 5.26. The zero-order valence-electron chi connectivity index (χ0n) is 20.7. The molecular formula is C25H31ClN6O3. The van der Waals surface area contributed by atoms with Gasteiger partial charge in [-0.2, -0.15) is 4.98 Å². The zero-order chi connectivity index (χ0) is 25.3. The summed E-state index contributed by atoms with van der Waals surface area (Å²) in [6.07, 6.45) is 1.97. The SMILES string of the molecule is CCC(=O)COc1cc2cc(Nc3nc(N4C[C@@H](C)N(C)[C@@H](C)C4)ncc3Cl)ccc2n(C)c1=O.